The van der Waals surface area contributed by atoms with Crippen LogP contribution >= 0.6 is 0 Å². The first kappa shape index (κ1) is 18.4. The number of benzene rings is 1. The van der Waals surface area contributed by atoms with Crippen LogP contribution in [-0.2, 0) is 17.8 Å². The van der Waals surface area contributed by atoms with Gasteiger partial charge in [0.1, 0.15) is 17.3 Å². The average Bonchev–Trinajstić information content (AvgIpc) is 2.72. The van der Waals surface area contributed by atoms with Gasteiger partial charge in [-0.3, -0.25) is 9.59 Å². The molecule has 0 aliphatic carbocycles. The zero-order valence-corrected chi connectivity index (χ0v) is 16.4. The first-order valence-corrected chi connectivity index (χ1v) is 9.73. The van der Waals surface area contributed by atoms with Crippen molar-refractivity contribution in [2.45, 2.75) is 26.8 Å². The standard InChI is InChI=1S/C21H25N5O2/c1-15-22-19(13-20(23-15)25-11-9-24(10-12-25)16(2)27)21(28)26-8-7-17-5-3-4-6-18(17)14-26/h3-6,13H,7-12,14H2,1-2H3. The molecule has 7 nitrogen and oxygen atoms in total. The van der Waals surface area contributed by atoms with Crippen molar-refractivity contribution in [1.29, 1.82) is 0 Å². The molecule has 0 saturated carbocycles. The molecule has 4 rings (SSSR count). The summed E-state index contributed by atoms with van der Waals surface area (Å²) in [5.74, 6) is 1.40. The van der Waals surface area contributed by atoms with E-state index in [0.717, 1.165) is 12.2 Å². The summed E-state index contributed by atoms with van der Waals surface area (Å²) >= 11 is 0. The number of nitrogens with zero attached hydrogens (tertiary/aromatic N) is 5. The molecule has 3 heterocycles. The van der Waals surface area contributed by atoms with Crippen molar-refractivity contribution >= 4 is 17.6 Å². The van der Waals surface area contributed by atoms with Gasteiger partial charge in [-0.2, -0.15) is 0 Å². The quantitative estimate of drug-likeness (QED) is 0.794. The number of carbonyl (C=O) groups is 2. The third kappa shape index (κ3) is 3.69. The topological polar surface area (TPSA) is 69.6 Å². The Balaban J connectivity index is 1.51. The zero-order valence-electron chi connectivity index (χ0n) is 16.4. The summed E-state index contributed by atoms with van der Waals surface area (Å²) in [6.45, 7) is 7.49. The van der Waals surface area contributed by atoms with Gasteiger partial charge in [0, 0.05) is 52.3 Å². The van der Waals surface area contributed by atoms with Crippen LogP contribution in [0.5, 0.6) is 0 Å². The van der Waals surface area contributed by atoms with Crippen LogP contribution in [0.4, 0.5) is 5.82 Å². The summed E-state index contributed by atoms with van der Waals surface area (Å²) in [5, 5.41) is 0. The van der Waals surface area contributed by atoms with Crippen LogP contribution in [0.3, 0.4) is 0 Å². The van der Waals surface area contributed by atoms with E-state index in [-0.39, 0.29) is 11.8 Å². The van der Waals surface area contributed by atoms with E-state index in [1.165, 1.54) is 11.1 Å². The first-order chi connectivity index (χ1) is 13.5. The highest BCUT2D eigenvalue weighted by molar-refractivity contribution is 5.93. The summed E-state index contributed by atoms with van der Waals surface area (Å²) in [7, 11) is 0. The Bertz CT molecular complexity index is 905. The van der Waals surface area contributed by atoms with Crippen molar-refractivity contribution in [2.75, 3.05) is 37.6 Å². The lowest BCUT2D eigenvalue weighted by atomic mass is 10.00. The fourth-order valence-corrected chi connectivity index (χ4v) is 3.91. The number of fused-ring (bicyclic) bond motifs is 1. The molecule has 0 N–H and O–H groups in total. The maximum atomic E-state index is 13.1. The molecule has 2 aliphatic heterocycles. The molecule has 1 aromatic heterocycles. The Morgan fingerprint density at radius 1 is 0.929 bits per heavy atom. The maximum absolute atomic E-state index is 13.1. The van der Waals surface area contributed by atoms with Gasteiger partial charge in [0.15, 0.2) is 0 Å². The molecule has 2 aliphatic rings. The number of hydrogen-bond acceptors (Lipinski definition) is 5. The van der Waals surface area contributed by atoms with Gasteiger partial charge in [0.05, 0.1) is 0 Å². The van der Waals surface area contributed by atoms with Crippen LogP contribution in [0.1, 0.15) is 34.4 Å². The number of carbonyl (C=O) groups excluding carboxylic acids is 2. The largest absolute Gasteiger partial charge is 0.353 e. The highest BCUT2D eigenvalue weighted by atomic mass is 16.2. The lowest BCUT2D eigenvalue weighted by Crippen LogP contribution is -2.48. The van der Waals surface area contributed by atoms with Gasteiger partial charge in [0.25, 0.3) is 5.91 Å². The fraction of sp³-hybridized carbons (Fsp3) is 0.429. The van der Waals surface area contributed by atoms with Gasteiger partial charge in [-0.1, -0.05) is 24.3 Å². The minimum absolute atomic E-state index is 0.0522. The number of hydrogen-bond donors (Lipinski definition) is 0. The molecule has 146 valence electrons. The molecule has 2 aromatic rings. The Morgan fingerprint density at radius 3 is 2.36 bits per heavy atom. The number of anilines is 1. The van der Waals surface area contributed by atoms with Crippen LogP contribution in [0.25, 0.3) is 0 Å². The predicted molar refractivity (Wildman–Crippen MR) is 106 cm³/mol. The Labute approximate surface area is 165 Å². The molecule has 0 spiro atoms. The van der Waals surface area contributed by atoms with Gasteiger partial charge in [-0.15, -0.1) is 0 Å². The lowest BCUT2D eigenvalue weighted by Gasteiger charge is -2.35. The molecule has 0 unspecified atom stereocenters. The summed E-state index contributed by atoms with van der Waals surface area (Å²) in [6, 6.07) is 10.1. The predicted octanol–water partition coefficient (Wildman–Crippen LogP) is 1.65. The van der Waals surface area contributed by atoms with Crippen molar-refractivity contribution < 1.29 is 9.59 Å². The highest BCUT2D eigenvalue weighted by Gasteiger charge is 2.25. The van der Waals surface area contributed by atoms with Crippen LogP contribution in [0.15, 0.2) is 30.3 Å². The third-order valence-electron chi connectivity index (χ3n) is 5.51. The van der Waals surface area contributed by atoms with Gasteiger partial charge < -0.3 is 14.7 Å². The van der Waals surface area contributed by atoms with Crippen molar-refractivity contribution in [3.8, 4) is 0 Å². The molecule has 2 amide bonds. The normalized spacial score (nSPS) is 16.7. The molecule has 1 saturated heterocycles. The number of aromatic nitrogens is 2. The molecule has 7 heteroatoms. The molecule has 0 atom stereocenters. The molecule has 1 aromatic carbocycles. The molecule has 28 heavy (non-hydrogen) atoms. The van der Waals surface area contributed by atoms with E-state index in [4.69, 9.17) is 0 Å². The van der Waals surface area contributed by atoms with Crippen LogP contribution < -0.4 is 4.90 Å². The Kier molecular flexibility index (Phi) is 4.98. The second kappa shape index (κ2) is 7.58. The van der Waals surface area contributed by atoms with E-state index in [1.54, 1.807) is 13.0 Å². The summed E-state index contributed by atoms with van der Waals surface area (Å²) in [4.78, 5) is 39.4. The van der Waals surface area contributed by atoms with Crippen LogP contribution in [0, 0.1) is 6.92 Å². The molecular weight excluding hydrogens is 354 g/mol. The molecule has 0 radical (unpaired) electrons. The van der Waals surface area contributed by atoms with Crippen molar-refractivity contribution in [3.05, 3.63) is 53.0 Å². The second-order valence-corrected chi connectivity index (χ2v) is 7.40. The molecule has 0 bridgehead atoms. The van der Waals surface area contributed by atoms with Crippen molar-refractivity contribution in [1.82, 2.24) is 19.8 Å². The highest BCUT2D eigenvalue weighted by Crippen LogP contribution is 2.21. The molecule has 1 fully saturated rings. The fourth-order valence-electron chi connectivity index (χ4n) is 3.91. The van der Waals surface area contributed by atoms with Crippen molar-refractivity contribution in [3.63, 3.8) is 0 Å². The summed E-state index contributed by atoms with van der Waals surface area (Å²) in [6.07, 6.45) is 0.867. The van der Waals surface area contributed by atoms with E-state index in [1.807, 2.05) is 28.9 Å². The van der Waals surface area contributed by atoms with Crippen LogP contribution in [0.2, 0.25) is 0 Å². The number of aryl methyl sites for hydroxylation is 1. The SMILES string of the molecule is CC(=O)N1CCN(c2cc(C(=O)N3CCc4ccccc4C3)nc(C)n2)CC1. The van der Waals surface area contributed by atoms with E-state index in [9.17, 15) is 9.59 Å². The van der Waals surface area contributed by atoms with E-state index < -0.39 is 0 Å². The minimum Gasteiger partial charge on any atom is -0.353 e. The summed E-state index contributed by atoms with van der Waals surface area (Å²) < 4.78 is 0. The van der Waals surface area contributed by atoms with E-state index in [2.05, 4.69) is 27.0 Å². The first-order valence-electron chi connectivity index (χ1n) is 9.73. The molecular formula is C21H25N5O2. The Morgan fingerprint density at radius 2 is 1.64 bits per heavy atom. The Hall–Kier alpha value is -2.96. The minimum atomic E-state index is -0.0522. The summed E-state index contributed by atoms with van der Waals surface area (Å²) in [5.41, 5.74) is 2.96. The second-order valence-electron chi connectivity index (χ2n) is 7.40. The third-order valence-corrected chi connectivity index (χ3v) is 5.51. The zero-order chi connectivity index (χ0) is 19.7. The monoisotopic (exact) mass is 379 g/mol. The van der Waals surface area contributed by atoms with Gasteiger partial charge in [-0.05, 0) is 24.5 Å². The van der Waals surface area contributed by atoms with Crippen molar-refractivity contribution in [2.24, 2.45) is 0 Å². The number of piperazine rings is 1. The van der Waals surface area contributed by atoms with Gasteiger partial charge >= 0.3 is 0 Å². The van der Waals surface area contributed by atoms with Crippen LogP contribution in [-0.4, -0.2) is 64.3 Å². The lowest BCUT2D eigenvalue weighted by molar-refractivity contribution is -0.129. The van der Waals surface area contributed by atoms with Gasteiger partial charge in [-0.25, -0.2) is 9.97 Å². The smallest absolute Gasteiger partial charge is 0.272 e. The van der Waals surface area contributed by atoms with E-state index >= 15 is 0 Å². The average molecular weight is 379 g/mol. The maximum Gasteiger partial charge on any atom is 0.272 e. The number of rotatable bonds is 2. The number of amides is 2. The van der Waals surface area contributed by atoms with E-state index in [0.29, 0.717) is 50.8 Å². The van der Waals surface area contributed by atoms with Gasteiger partial charge in [0.2, 0.25) is 5.91 Å².